The van der Waals surface area contributed by atoms with Crippen LogP contribution in [0.2, 0.25) is 0 Å². The van der Waals surface area contributed by atoms with Crippen LogP contribution < -0.4 is 5.32 Å². The monoisotopic (exact) mass is 426 g/mol. The van der Waals surface area contributed by atoms with Crippen molar-refractivity contribution in [2.75, 3.05) is 7.05 Å². The van der Waals surface area contributed by atoms with Crippen molar-refractivity contribution in [3.63, 3.8) is 0 Å². The van der Waals surface area contributed by atoms with Crippen LogP contribution in [0.15, 0.2) is 51.6 Å². The smallest absolute Gasteiger partial charge is 0.263 e. The molecule has 2 fully saturated rings. The second-order valence-corrected chi connectivity index (χ2v) is 10.4. The molecule has 3 heterocycles. The highest BCUT2D eigenvalue weighted by atomic mass is 35.5. The minimum Gasteiger partial charge on any atom is -0.338 e. The van der Waals surface area contributed by atoms with Gasteiger partial charge in [-0.05, 0) is 49.9 Å². The molecule has 0 radical (unpaired) electrons. The molecule has 2 aliphatic heterocycles. The Hall–Kier alpha value is -1.41. The molecule has 5 nitrogen and oxygen atoms in total. The topological polar surface area (TPSA) is 66.5 Å². The fourth-order valence-electron chi connectivity index (χ4n) is 3.98. The van der Waals surface area contributed by atoms with E-state index in [1.807, 2.05) is 7.05 Å². The number of sulfone groups is 1. The third-order valence-electron chi connectivity index (χ3n) is 5.43. The molecule has 1 amide bonds. The van der Waals surface area contributed by atoms with Gasteiger partial charge in [0.25, 0.3) is 5.91 Å². The summed E-state index contributed by atoms with van der Waals surface area (Å²) in [5, 5.41) is 3.58. The van der Waals surface area contributed by atoms with Gasteiger partial charge in [0, 0.05) is 25.2 Å². The maximum Gasteiger partial charge on any atom is 0.263 e. The highest BCUT2D eigenvalue weighted by molar-refractivity contribution is 7.93. The summed E-state index contributed by atoms with van der Waals surface area (Å²) >= 11 is 1.06. The van der Waals surface area contributed by atoms with Crippen molar-refractivity contribution in [2.45, 2.75) is 52.9 Å². The largest absolute Gasteiger partial charge is 0.338 e. The van der Waals surface area contributed by atoms with Crippen LogP contribution in [0.1, 0.15) is 35.4 Å². The van der Waals surface area contributed by atoms with E-state index in [-0.39, 0.29) is 33.5 Å². The van der Waals surface area contributed by atoms with E-state index in [1.165, 1.54) is 12.8 Å². The highest BCUT2D eigenvalue weighted by Crippen LogP contribution is 2.32. The third-order valence-corrected chi connectivity index (χ3v) is 8.76. The van der Waals surface area contributed by atoms with E-state index < -0.39 is 9.84 Å². The van der Waals surface area contributed by atoms with Gasteiger partial charge in [-0.15, -0.1) is 23.7 Å². The van der Waals surface area contributed by atoms with Gasteiger partial charge in [-0.2, -0.15) is 0 Å². The lowest BCUT2D eigenvalue weighted by atomic mass is 9.98. The van der Waals surface area contributed by atoms with E-state index in [0.717, 1.165) is 24.2 Å². The van der Waals surface area contributed by atoms with Crippen LogP contribution in [-0.4, -0.2) is 44.4 Å². The fourth-order valence-corrected chi connectivity index (χ4v) is 6.69. The summed E-state index contributed by atoms with van der Waals surface area (Å²) in [7, 11) is -1.74. The molecule has 2 aliphatic rings. The van der Waals surface area contributed by atoms with Crippen LogP contribution >= 0.6 is 23.7 Å². The first-order valence-electron chi connectivity index (χ1n) is 8.88. The number of halogens is 1. The second-order valence-electron chi connectivity index (χ2n) is 7.11. The fraction of sp³-hybridized carbons (Fsp3) is 0.421. The number of hydrogen-bond acceptors (Lipinski definition) is 5. The first-order valence-corrected chi connectivity index (χ1v) is 11.2. The van der Waals surface area contributed by atoms with Gasteiger partial charge in [0.2, 0.25) is 9.84 Å². The second kappa shape index (κ2) is 7.91. The number of hydrogen-bond donors (Lipinski definition) is 1. The van der Waals surface area contributed by atoms with E-state index >= 15 is 0 Å². The Morgan fingerprint density at radius 2 is 1.70 bits per heavy atom. The molecule has 2 bridgehead atoms. The third kappa shape index (κ3) is 3.92. The lowest BCUT2D eigenvalue weighted by Crippen LogP contribution is -2.48. The summed E-state index contributed by atoms with van der Waals surface area (Å²) < 4.78 is 25.6. The molecule has 0 spiro atoms. The maximum absolute atomic E-state index is 12.9. The minimum absolute atomic E-state index is 0. The number of fused-ring (bicyclic) bond motifs is 2. The van der Waals surface area contributed by atoms with Gasteiger partial charge in [-0.1, -0.05) is 18.2 Å². The first kappa shape index (κ1) is 20.3. The molecule has 2 aromatic rings. The number of rotatable bonds is 4. The highest BCUT2D eigenvalue weighted by Gasteiger charge is 2.37. The van der Waals surface area contributed by atoms with Crippen molar-refractivity contribution in [3.05, 3.63) is 47.3 Å². The SMILES string of the molecule is CN(C(=O)c1ccc(S(=O)(=O)c2ccccc2)s1)C1CC2CCC(C1)N2.Cl. The lowest BCUT2D eigenvalue weighted by molar-refractivity contribution is 0.0686. The molecule has 0 saturated carbocycles. The lowest BCUT2D eigenvalue weighted by Gasteiger charge is -2.35. The molecule has 0 aliphatic carbocycles. The zero-order valence-electron chi connectivity index (χ0n) is 15.0. The quantitative estimate of drug-likeness (QED) is 0.814. The van der Waals surface area contributed by atoms with Gasteiger partial charge in [0.15, 0.2) is 0 Å². The van der Waals surface area contributed by atoms with E-state index in [0.29, 0.717) is 17.0 Å². The van der Waals surface area contributed by atoms with Crippen LogP contribution in [0, 0.1) is 0 Å². The molecule has 2 saturated heterocycles. The molecule has 2 unspecified atom stereocenters. The van der Waals surface area contributed by atoms with E-state index in [4.69, 9.17) is 0 Å². The molecular formula is C19H23ClN2O3S2. The summed E-state index contributed by atoms with van der Waals surface area (Å²) in [6, 6.07) is 12.7. The van der Waals surface area contributed by atoms with Crippen molar-refractivity contribution in [3.8, 4) is 0 Å². The van der Waals surface area contributed by atoms with Crippen molar-refractivity contribution >= 4 is 39.5 Å². The molecule has 146 valence electrons. The number of thiophene rings is 1. The predicted molar refractivity (Wildman–Crippen MR) is 109 cm³/mol. The summed E-state index contributed by atoms with van der Waals surface area (Å²) in [4.78, 5) is 15.4. The van der Waals surface area contributed by atoms with Gasteiger partial charge in [-0.25, -0.2) is 8.42 Å². The Labute approximate surface area is 170 Å². The average Bonchev–Trinajstić information content (AvgIpc) is 3.28. The van der Waals surface area contributed by atoms with Crippen LogP contribution in [0.25, 0.3) is 0 Å². The number of carbonyl (C=O) groups excluding carboxylic acids is 1. The average molecular weight is 427 g/mol. The first-order chi connectivity index (χ1) is 12.4. The summed E-state index contributed by atoms with van der Waals surface area (Å²) in [5.41, 5.74) is 0. The maximum atomic E-state index is 12.9. The molecule has 27 heavy (non-hydrogen) atoms. The van der Waals surface area contributed by atoms with Crippen molar-refractivity contribution in [1.29, 1.82) is 0 Å². The predicted octanol–water partition coefficient (Wildman–Crippen LogP) is 3.36. The Morgan fingerprint density at radius 1 is 1.07 bits per heavy atom. The Kier molecular flexibility index (Phi) is 5.96. The molecule has 1 N–H and O–H groups in total. The number of benzene rings is 1. The number of carbonyl (C=O) groups is 1. The summed E-state index contributed by atoms with van der Waals surface area (Å²) in [5.74, 6) is -0.0872. The molecule has 8 heteroatoms. The number of nitrogens with zero attached hydrogens (tertiary/aromatic N) is 1. The number of nitrogens with one attached hydrogen (secondary N) is 1. The summed E-state index contributed by atoms with van der Waals surface area (Å²) in [6.45, 7) is 0. The van der Waals surface area contributed by atoms with Crippen LogP contribution in [0.5, 0.6) is 0 Å². The van der Waals surface area contributed by atoms with E-state index in [2.05, 4.69) is 5.32 Å². The summed E-state index contributed by atoms with van der Waals surface area (Å²) in [6.07, 6.45) is 4.31. The Morgan fingerprint density at radius 3 is 2.33 bits per heavy atom. The van der Waals surface area contributed by atoms with Crippen molar-refractivity contribution in [1.82, 2.24) is 10.2 Å². The normalized spacial score (nSPS) is 24.3. The van der Waals surface area contributed by atoms with Gasteiger partial charge < -0.3 is 10.2 Å². The van der Waals surface area contributed by atoms with Crippen molar-refractivity contribution < 1.29 is 13.2 Å². The van der Waals surface area contributed by atoms with E-state index in [9.17, 15) is 13.2 Å². The van der Waals surface area contributed by atoms with Crippen LogP contribution in [0.3, 0.4) is 0 Å². The van der Waals surface area contributed by atoms with E-state index in [1.54, 1.807) is 47.4 Å². The molecule has 1 aromatic heterocycles. The molecule has 1 aromatic carbocycles. The number of amides is 1. The van der Waals surface area contributed by atoms with Gasteiger partial charge in [0.1, 0.15) is 4.21 Å². The zero-order chi connectivity index (χ0) is 18.3. The minimum atomic E-state index is -3.57. The van der Waals surface area contributed by atoms with Crippen molar-refractivity contribution in [2.24, 2.45) is 0 Å². The molecular weight excluding hydrogens is 404 g/mol. The standard InChI is InChI=1S/C19H22N2O3S2.ClH/c1-21(15-11-13-7-8-14(12-15)20-13)19(22)17-9-10-18(25-17)26(23,24)16-5-3-2-4-6-16;/h2-6,9-10,13-15,20H,7-8,11-12H2,1H3;1H. The van der Waals surface area contributed by atoms with Gasteiger partial charge >= 0.3 is 0 Å². The molecule has 4 rings (SSSR count). The van der Waals surface area contributed by atoms with Gasteiger partial charge in [-0.3, -0.25) is 4.79 Å². The van der Waals surface area contributed by atoms with Crippen LogP contribution in [-0.2, 0) is 9.84 Å². The zero-order valence-corrected chi connectivity index (χ0v) is 17.4. The molecule has 2 atom stereocenters. The number of piperidine rings is 1. The van der Waals surface area contributed by atoms with Crippen LogP contribution in [0.4, 0.5) is 0 Å². The Bertz CT molecular complexity index is 902. The Balaban J connectivity index is 0.00000210. The van der Waals surface area contributed by atoms with Gasteiger partial charge in [0.05, 0.1) is 9.77 Å².